The van der Waals surface area contributed by atoms with Gasteiger partial charge in [-0.25, -0.2) is 4.98 Å². The Bertz CT molecular complexity index is 1070. The number of benzene rings is 1. The molecule has 154 valence electrons. The zero-order valence-electron chi connectivity index (χ0n) is 17.4. The van der Waals surface area contributed by atoms with E-state index in [4.69, 9.17) is 4.74 Å². The number of anilines is 1. The van der Waals surface area contributed by atoms with Gasteiger partial charge in [-0.1, -0.05) is 18.2 Å². The van der Waals surface area contributed by atoms with Crippen LogP contribution in [0.4, 0.5) is 5.69 Å². The summed E-state index contributed by atoms with van der Waals surface area (Å²) >= 11 is 1.52. The fourth-order valence-electron chi connectivity index (χ4n) is 3.38. The van der Waals surface area contributed by atoms with Gasteiger partial charge in [-0.05, 0) is 39.3 Å². The molecule has 0 fully saturated rings. The summed E-state index contributed by atoms with van der Waals surface area (Å²) in [6.07, 6.45) is 1.64. The summed E-state index contributed by atoms with van der Waals surface area (Å²) in [6, 6.07) is 7.96. The minimum Gasteiger partial charge on any atom is -0.461 e. The van der Waals surface area contributed by atoms with E-state index in [1.807, 2.05) is 38.1 Å². The zero-order valence-corrected chi connectivity index (χ0v) is 18.2. The van der Waals surface area contributed by atoms with Gasteiger partial charge in [-0.15, -0.1) is 11.3 Å². The van der Waals surface area contributed by atoms with E-state index in [1.54, 1.807) is 0 Å². The van der Waals surface area contributed by atoms with Gasteiger partial charge in [0, 0.05) is 35.8 Å². The molecule has 29 heavy (non-hydrogen) atoms. The first kappa shape index (κ1) is 21.0. The largest absolute Gasteiger partial charge is 0.461 e. The predicted octanol–water partition coefficient (Wildman–Crippen LogP) is 4.05. The molecule has 0 N–H and O–H groups in total. The topological polar surface area (TPSA) is 64.4 Å². The summed E-state index contributed by atoms with van der Waals surface area (Å²) in [5.74, 6) is -0.329. The van der Waals surface area contributed by atoms with Gasteiger partial charge >= 0.3 is 5.97 Å². The Morgan fingerprint density at radius 1 is 1.21 bits per heavy atom. The number of rotatable bonds is 8. The molecule has 7 heteroatoms. The molecule has 3 rings (SSSR count). The monoisotopic (exact) mass is 413 g/mol. The Morgan fingerprint density at radius 2 is 1.93 bits per heavy atom. The number of thiophene rings is 1. The van der Waals surface area contributed by atoms with Gasteiger partial charge in [0.2, 0.25) is 0 Å². The number of carbonyl (C=O) groups excluding carboxylic acids is 1. The van der Waals surface area contributed by atoms with Crippen LogP contribution >= 0.6 is 11.3 Å². The van der Waals surface area contributed by atoms with Crippen molar-refractivity contribution < 1.29 is 9.53 Å². The van der Waals surface area contributed by atoms with Crippen LogP contribution < -0.4 is 10.5 Å². The standard InChI is InChI=1S/C22H27N3O3S/c1-5-24(6-2)18-10-8-7-9-17(18)13-28-19(26)11-12-25-14-23-21-20(22(25)27)15(3)16(4)29-21/h7-10,14H,5-6,11-13H2,1-4H3. The van der Waals surface area contributed by atoms with Crippen LogP contribution in [0.15, 0.2) is 35.4 Å². The predicted molar refractivity (Wildman–Crippen MR) is 118 cm³/mol. The van der Waals surface area contributed by atoms with E-state index in [1.165, 1.54) is 22.2 Å². The molecule has 3 aromatic rings. The SMILES string of the molecule is CCN(CC)c1ccccc1COC(=O)CCn1cnc2sc(C)c(C)c2c1=O. The molecule has 0 amide bonds. The van der Waals surface area contributed by atoms with Crippen molar-refractivity contribution in [1.29, 1.82) is 0 Å². The second-order valence-corrected chi connectivity index (χ2v) is 8.12. The summed E-state index contributed by atoms with van der Waals surface area (Å²) in [4.78, 5) is 33.4. The van der Waals surface area contributed by atoms with Gasteiger partial charge in [0.1, 0.15) is 11.4 Å². The first-order valence-corrected chi connectivity index (χ1v) is 10.7. The highest BCUT2D eigenvalue weighted by Gasteiger charge is 2.14. The van der Waals surface area contributed by atoms with Crippen LogP contribution in [0.5, 0.6) is 0 Å². The van der Waals surface area contributed by atoms with Crippen LogP contribution in [0.2, 0.25) is 0 Å². The first-order chi connectivity index (χ1) is 14.0. The highest BCUT2D eigenvalue weighted by atomic mass is 32.1. The summed E-state index contributed by atoms with van der Waals surface area (Å²) in [5, 5.41) is 0.650. The average molecular weight is 414 g/mol. The van der Waals surface area contributed by atoms with Crippen LogP contribution in [-0.2, 0) is 22.7 Å². The molecule has 2 aromatic heterocycles. The Morgan fingerprint density at radius 3 is 2.66 bits per heavy atom. The normalized spacial score (nSPS) is 11.0. The van der Waals surface area contributed by atoms with E-state index in [9.17, 15) is 9.59 Å². The van der Waals surface area contributed by atoms with Crippen LogP contribution in [0.25, 0.3) is 10.2 Å². The lowest BCUT2D eigenvalue weighted by molar-refractivity contribution is -0.145. The molecule has 0 aliphatic rings. The minimum absolute atomic E-state index is 0.100. The van der Waals surface area contributed by atoms with Gasteiger partial charge in [0.05, 0.1) is 18.1 Å². The van der Waals surface area contributed by atoms with Crippen LogP contribution in [-0.4, -0.2) is 28.6 Å². The Balaban J connectivity index is 1.65. The number of fused-ring (bicyclic) bond motifs is 1. The third kappa shape index (κ3) is 4.50. The van der Waals surface area contributed by atoms with Crippen LogP contribution in [0, 0.1) is 13.8 Å². The van der Waals surface area contributed by atoms with E-state index >= 15 is 0 Å². The van der Waals surface area contributed by atoms with Crippen molar-refractivity contribution in [3.63, 3.8) is 0 Å². The van der Waals surface area contributed by atoms with Gasteiger partial charge in [-0.2, -0.15) is 0 Å². The first-order valence-electron chi connectivity index (χ1n) is 9.89. The molecule has 0 aliphatic carbocycles. The Hall–Kier alpha value is -2.67. The number of nitrogens with zero attached hydrogens (tertiary/aromatic N) is 3. The molecule has 0 radical (unpaired) electrons. The molecule has 0 saturated heterocycles. The van der Waals surface area contributed by atoms with E-state index in [2.05, 4.69) is 23.7 Å². The van der Waals surface area contributed by atoms with E-state index in [0.29, 0.717) is 5.39 Å². The Kier molecular flexibility index (Phi) is 6.69. The molecule has 1 aromatic carbocycles. The second-order valence-electron chi connectivity index (χ2n) is 6.92. The van der Waals surface area contributed by atoms with Crippen molar-refractivity contribution in [1.82, 2.24) is 9.55 Å². The smallest absolute Gasteiger partial charge is 0.307 e. The molecular weight excluding hydrogens is 386 g/mol. The zero-order chi connectivity index (χ0) is 21.0. The van der Waals surface area contributed by atoms with Gasteiger partial charge in [-0.3, -0.25) is 14.2 Å². The van der Waals surface area contributed by atoms with Gasteiger partial charge in [0.15, 0.2) is 0 Å². The lowest BCUT2D eigenvalue weighted by Gasteiger charge is -2.24. The maximum Gasteiger partial charge on any atom is 0.307 e. The van der Waals surface area contributed by atoms with Gasteiger partial charge in [0.25, 0.3) is 5.56 Å². The molecule has 0 saturated carbocycles. The highest BCUT2D eigenvalue weighted by molar-refractivity contribution is 7.18. The van der Waals surface area contributed by atoms with Crippen molar-refractivity contribution >= 4 is 33.2 Å². The van der Waals surface area contributed by atoms with Crippen molar-refractivity contribution in [2.45, 2.75) is 47.3 Å². The number of carbonyl (C=O) groups is 1. The number of aromatic nitrogens is 2. The number of aryl methyl sites for hydroxylation is 3. The summed E-state index contributed by atoms with van der Waals surface area (Å²) in [7, 11) is 0. The number of hydrogen-bond donors (Lipinski definition) is 0. The quantitative estimate of drug-likeness (QED) is 0.521. The van der Waals surface area contributed by atoms with Crippen molar-refractivity contribution in [2.75, 3.05) is 18.0 Å². The average Bonchev–Trinajstić information content (AvgIpc) is 3.02. The van der Waals surface area contributed by atoms with Crippen molar-refractivity contribution in [3.8, 4) is 0 Å². The molecule has 0 spiro atoms. The molecule has 0 aliphatic heterocycles. The van der Waals surface area contributed by atoms with Crippen LogP contribution in [0.1, 0.15) is 36.3 Å². The van der Waals surface area contributed by atoms with Crippen molar-refractivity contribution in [2.24, 2.45) is 0 Å². The maximum absolute atomic E-state index is 12.7. The molecule has 2 heterocycles. The molecule has 0 bridgehead atoms. The van der Waals surface area contributed by atoms with Crippen molar-refractivity contribution in [3.05, 3.63) is 57.0 Å². The minimum atomic E-state index is -0.329. The van der Waals surface area contributed by atoms with Crippen LogP contribution in [0.3, 0.4) is 0 Å². The number of hydrogen-bond acceptors (Lipinski definition) is 6. The lowest BCUT2D eigenvalue weighted by atomic mass is 10.1. The fourth-order valence-corrected chi connectivity index (χ4v) is 4.36. The third-order valence-electron chi connectivity index (χ3n) is 5.20. The maximum atomic E-state index is 12.7. The fraction of sp³-hybridized carbons (Fsp3) is 0.409. The second kappa shape index (κ2) is 9.22. The lowest BCUT2D eigenvalue weighted by Crippen LogP contribution is -2.24. The summed E-state index contributed by atoms with van der Waals surface area (Å²) in [6.45, 7) is 10.4. The highest BCUT2D eigenvalue weighted by Crippen LogP contribution is 2.25. The summed E-state index contributed by atoms with van der Waals surface area (Å²) < 4.78 is 6.98. The summed E-state index contributed by atoms with van der Waals surface area (Å²) in [5.41, 5.74) is 2.93. The number of para-hydroxylation sites is 1. The van der Waals surface area contributed by atoms with E-state index in [-0.39, 0.29) is 31.1 Å². The Labute approximate surface area is 174 Å². The number of esters is 1. The molecule has 0 atom stereocenters. The molecule has 0 unspecified atom stereocenters. The number of ether oxygens (including phenoxy) is 1. The third-order valence-corrected chi connectivity index (χ3v) is 6.31. The molecular formula is C22H27N3O3S. The van der Waals surface area contributed by atoms with Gasteiger partial charge < -0.3 is 9.64 Å². The van der Waals surface area contributed by atoms with E-state index in [0.717, 1.165) is 39.6 Å². The molecule has 6 nitrogen and oxygen atoms in total. The van der Waals surface area contributed by atoms with E-state index < -0.39 is 0 Å².